The van der Waals surface area contributed by atoms with Crippen molar-refractivity contribution in [2.24, 2.45) is 0 Å². The van der Waals surface area contributed by atoms with E-state index in [1.165, 1.54) is 12.1 Å². The van der Waals surface area contributed by atoms with Gasteiger partial charge in [-0.15, -0.1) is 0 Å². The molecule has 0 N–H and O–H groups in total. The summed E-state index contributed by atoms with van der Waals surface area (Å²) in [7, 11) is -3.35. The smallest absolute Gasteiger partial charge is 0.183 e. The second-order valence-corrected chi connectivity index (χ2v) is 9.64. The first-order chi connectivity index (χ1) is 13.5. The first-order valence-corrected chi connectivity index (χ1v) is 10.8. The van der Waals surface area contributed by atoms with Gasteiger partial charge < -0.3 is 0 Å². The number of rotatable bonds is 3. The van der Waals surface area contributed by atoms with Gasteiger partial charge in [0.2, 0.25) is 0 Å². The molecule has 0 spiro atoms. The van der Waals surface area contributed by atoms with Crippen molar-refractivity contribution in [3.63, 3.8) is 0 Å². The second kappa shape index (κ2) is 6.50. The molecule has 2 aliphatic heterocycles. The Morgan fingerprint density at radius 1 is 1.04 bits per heavy atom. The van der Waals surface area contributed by atoms with E-state index < -0.39 is 15.1 Å². The molecule has 1 saturated heterocycles. The number of hydrogen-bond acceptors (Lipinski definition) is 4. The van der Waals surface area contributed by atoms with Gasteiger partial charge in [-0.05, 0) is 52.6 Å². The Balaban J connectivity index is 1.47. The van der Waals surface area contributed by atoms with Crippen molar-refractivity contribution in [2.45, 2.75) is 22.6 Å². The molecule has 6 heteroatoms. The summed E-state index contributed by atoms with van der Waals surface area (Å²) in [4.78, 5) is 6.73. The maximum absolute atomic E-state index is 13.5. The Morgan fingerprint density at radius 2 is 1.93 bits per heavy atom. The van der Waals surface area contributed by atoms with Crippen LogP contribution in [0.2, 0.25) is 0 Å². The number of fused-ring (bicyclic) bond motifs is 3. The molecule has 0 amide bonds. The van der Waals surface area contributed by atoms with Gasteiger partial charge in [-0.3, -0.25) is 9.88 Å². The van der Waals surface area contributed by atoms with Crippen LogP contribution in [0.5, 0.6) is 0 Å². The van der Waals surface area contributed by atoms with E-state index in [0.29, 0.717) is 24.5 Å². The third-order valence-corrected chi connectivity index (χ3v) is 8.01. The van der Waals surface area contributed by atoms with E-state index in [9.17, 15) is 12.8 Å². The Labute approximate surface area is 163 Å². The highest BCUT2D eigenvalue weighted by molar-refractivity contribution is 7.92. The number of hydrogen-bond donors (Lipinski definition) is 0. The van der Waals surface area contributed by atoms with Gasteiger partial charge in [-0.25, -0.2) is 12.8 Å². The van der Waals surface area contributed by atoms with Gasteiger partial charge in [-0.2, -0.15) is 0 Å². The largest absolute Gasteiger partial charge is 0.297 e. The lowest BCUT2D eigenvalue weighted by molar-refractivity contribution is 0.325. The van der Waals surface area contributed by atoms with Crippen molar-refractivity contribution in [1.82, 2.24) is 9.88 Å². The second-order valence-electron chi connectivity index (χ2n) is 7.51. The highest BCUT2D eigenvalue weighted by atomic mass is 32.2. The van der Waals surface area contributed by atoms with Crippen LogP contribution in [0.3, 0.4) is 0 Å². The molecule has 0 unspecified atom stereocenters. The van der Waals surface area contributed by atoms with Crippen LogP contribution in [0.4, 0.5) is 4.39 Å². The average molecular weight is 394 g/mol. The fraction of sp³-hybridized carbons (Fsp3) is 0.227. The number of benzene rings is 2. The summed E-state index contributed by atoms with van der Waals surface area (Å²) in [6, 6.07) is 15.9. The van der Waals surface area contributed by atoms with Crippen molar-refractivity contribution in [2.75, 3.05) is 13.1 Å². The molecule has 4 nitrogen and oxygen atoms in total. The van der Waals surface area contributed by atoms with E-state index in [0.717, 1.165) is 22.3 Å². The predicted octanol–water partition coefficient (Wildman–Crippen LogP) is 3.64. The molecule has 1 fully saturated rings. The molecule has 3 heterocycles. The van der Waals surface area contributed by atoms with Crippen LogP contribution in [-0.2, 0) is 16.4 Å². The summed E-state index contributed by atoms with van der Waals surface area (Å²) in [6.07, 6.45) is 3.51. The molecule has 142 valence electrons. The van der Waals surface area contributed by atoms with Gasteiger partial charge in [0, 0.05) is 37.9 Å². The fourth-order valence-electron chi connectivity index (χ4n) is 4.46. The zero-order valence-electron chi connectivity index (χ0n) is 15.1. The number of aromatic nitrogens is 1. The van der Waals surface area contributed by atoms with Crippen molar-refractivity contribution in [3.05, 3.63) is 83.9 Å². The lowest BCUT2D eigenvalue weighted by Crippen LogP contribution is -2.25. The van der Waals surface area contributed by atoms with Crippen LogP contribution in [0.15, 0.2) is 71.9 Å². The maximum atomic E-state index is 13.5. The number of likely N-dealkylation sites (tertiary alicyclic amines) is 1. The van der Waals surface area contributed by atoms with Crippen LogP contribution in [0.25, 0.3) is 11.1 Å². The van der Waals surface area contributed by atoms with Gasteiger partial charge in [0.1, 0.15) is 5.82 Å². The van der Waals surface area contributed by atoms with Crippen LogP contribution in [0, 0.1) is 5.82 Å². The first kappa shape index (κ1) is 17.5. The standard InChI is InChI=1S/C22H19FN2O2S/c23-18-5-1-3-15(9-18)12-25-13-20-19-10-16(17-4-2-8-24-11-17)6-7-21(19)28(26,27)22(20)14-25/h1-11,20,22H,12-14H2/t20-,22-/m0/s1. The summed E-state index contributed by atoms with van der Waals surface area (Å²) in [6.45, 7) is 1.68. The minimum Gasteiger partial charge on any atom is -0.297 e. The molecule has 5 rings (SSSR count). The third-order valence-electron chi connectivity index (χ3n) is 5.75. The SMILES string of the molecule is O=S1(=O)c2ccc(-c3cccnc3)cc2[C@@H]2CN(Cc3cccc(F)c3)C[C@@H]21. The Kier molecular flexibility index (Phi) is 4.07. The first-order valence-electron chi connectivity index (χ1n) is 9.27. The van der Waals surface area contributed by atoms with E-state index in [1.807, 2.05) is 30.3 Å². The van der Waals surface area contributed by atoms with Gasteiger partial charge >= 0.3 is 0 Å². The summed E-state index contributed by atoms with van der Waals surface area (Å²) >= 11 is 0. The van der Waals surface area contributed by atoms with Crippen molar-refractivity contribution < 1.29 is 12.8 Å². The molecule has 28 heavy (non-hydrogen) atoms. The van der Waals surface area contributed by atoms with Crippen molar-refractivity contribution >= 4 is 9.84 Å². The van der Waals surface area contributed by atoms with E-state index in [2.05, 4.69) is 9.88 Å². The third kappa shape index (κ3) is 2.84. The number of sulfone groups is 1. The number of nitrogens with zero attached hydrogens (tertiary/aromatic N) is 2. The van der Waals surface area contributed by atoms with Gasteiger partial charge in [0.05, 0.1) is 10.1 Å². The average Bonchev–Trinajstić information content (AvgIpc) is 3.20. The zero-order valence-corrected chi connectivity index (χ0v) is 15.9. The van der Waals surface area contributed by atoms with Gasteiger partial charge in [0.25, 0.3) is 0 Å². The molecule has 0 radical (unpaired) electrons. The molecule has 1 aromatic heterocycles. The number of pyridine rings is 1. The van der Waals surface area contributed by atoms with Crippen molar-refractivity contribution in [3.8, 4) is 11.1 Å². The Morgan fingerprint density at radius 3 is 2.71 bits per heavy atom. The predicted molar refractivity (Wildman–Crippen MR) is 105 cm³/mol. The minimum absolute atomic E-state index is 0.0508. The summed E-state index contributed by atoms with van der Waals surface area (Å²) in [5.74, 6) is -0.318. The highest BCUT2D eigenvalue weighted by Crippen LogP contribution is 2.46. The van der Waals surface area contributed by atoms with Crippen molar-refractivity contribution in [1.29, 1.82) is 0 Å². The van der Waals surface area contributed by atoms with E-state index in [-0.39, 0.29) is 11.7 Å². The van der Waals surface area contributed by atoms with Crippen LogP contribution >= 0.6 is 0 Å². The topological polar surface area (TPSA) is 50.3 Å². The molecular formula is C22H19FN2O2S. The lowest BCUT2D eigenvalue weighted by atomic mass is 9.95. The van der Waals surface area contributed by atoms with Crippen LogP contribution in [0.1, 0.15) is 17.0 Å². The minimum atomic E-state index is -3.35. The molecule has 0 aliphatic carbocycles. The summed E-state index contributed by atoms with van der Waals surface area (Å²) in [5, 5.41) is -0.430. The molecule has 3 aromatic rings. The quantitative estimate of drug-likeness (QED) is 0.681. The molecule has 2 aliphatic rings. The molecular weight excluding hydrogens is 375 g/mol. The van der Waals surface area contributed by atoms with Crippen LogP contribution < -0.4 is 0 Å². The molecule has 2 atom stereocenters. The summed E-state index contributed by atoms with van der Waals surface area (Å²) < 4.78 is 39.6. The van der Waals surface area contributed by atoms with Gasteiger partial charge in [-0.1, -0.05) is 24.3 Å². The van der Waals surface area contributed by atoms with E-state index in [4.69, 9.17) is 0 Å². The van der Waals surface area contributed by atoms with E-state index in [1.54, 1.807) is 24.5 Å². The molecule has 0 bridgehead atoms. The summed E-state index contributed by atoms with van der Waals surface area (Å²) in [5.41, 5.74) is 3.71. The fourth-order valence-corrected chi connectivity index (χ4v) is 6.66. The van der Waals surface area contributed by atoms with E-state index >= 15 is 0 Å². The van der Waals surface area contributed by atoms with Crippen LogP contribution in [-0.4, -0.2) is 36.6 Å². The Bertz CT molecular complexity index is 1150. The monoisotopic (exact) mass is 394 g/mol. The number of halogens is 1. The molecule has 2 aromatic carbocycles. The lowest BCUT2D eigenvalue weighted by Gasteiger charge is -2.17. The Hall–Kier alpha value is -2.57. The zero-order chi connectivity index (χ0) is 19.3. The maximum Gasteiger partial charge on any atom is 0.183 e. The molecule has 0 saturated carbocycles. The highest BCUT2D eigenvalue weighted by Gasteiger charge is 2.50. The van der Waals surface area contributed by atoms with Gasteiger partial charge in [0.15, 0.2) is 9.84 Å². The normalized spacial score (nSPS) is 22.8.